The van der Waals surface area contributed by atoms with E-state index in [1.165, 1.54) is 6.20 Å². The van der Waals surface area contributed by atoms with E-state index in [9.17, 15) is 13.6 Å². The van der Waals surface area contributed by atoms with Gasteiger partial charge in [-0.3, -0.25) is 4.98 Å². The van der Waals surface area contributed by atoms with Gasteiger partial charge in [0.15, 0.2) is 0 Å². The van der Waals surface area contributed by atoms with E-state index in [2.05, 4.69) is 9.72 Å². The third kappa shape index (κ3) is 2.83. The molecule has 3 nitrogen and oxygen atoms in total. The molecule has 0 fully saturated rings. The van der Waals surface area contributed by atoms with Crippen LogP contribution in [-0.2, 0) is 4.74 Å². The molecule has 0 atom stereocenters. The maximum Gasteiger partial charge on any atom is 0.340 e. The predicted molar refractivity (Wildman–Crippen MR) is 57.9 cm³/mol. The molecule has 82 valence electrons. The highest BCUT2D eigenvalue weighted by Gasteiger charge is 2.22. The summed E-state index contributed by atoms with van der Waals surface area (Å²) in [5.74, 6) is -0.765. The second kappa shape index (κ2) is 5.34. The molecule has 0 amide bonds. The summed E-state index contributed by atoms with van der Waals surface area (Å²) in [7, 11) is 0. The summed E-state index contributed by atoms with van der Waals surface area (Å²) < 4.78 is 30.2. The van der Waals surface area contributed by atoms with Gasteiger partial charge in [-0.15, -0.1) is 0 Å². The number of carbonyl (C=O) groups excluding carboxylic acids is 1. The summed E-state index contributed by atoms with van der Waals surface area (Å²) in [4.78, 5) is 15.0. The number of alkyl halides is 2. The number of carbonyl (C=O) groups is 1. The van der Waals surface area contributed by atoms with Crippen molar-refractivity contribution in [2.75, 3.05) is 6.61 Å². The highest BCUT2D eigenvalue weighted by Crippen LogP contribution is 2.27. The highest BCUT2D eigenvalue weighted by atomic mass is 127. The summed E-state index contributed by atoms with van der Waals surface area (Å²) in [6.45, 7) is 1.76. The minimum Gasteiger partial charge on any atom is -0.462 e. The van der Waals surface area contributed by atoms with E-state index >= 15 is 0 Å². The first-order chi connectivity index (χ1) is 7.07. The summed E-state index contributed by atoms with van der Waals surface area (Å²) in [5, 5.41) is 0. The molecule has 0 saturated heterocycles. The third-order valence-corrected chi connectivity index (χ3v) is 2.51. The molecule has 0 radical (unpaired) electrons. The molecule has 1 rings (SSSR count). The number of rotatable bonds is 3. The molecule has 0 aliphatic heterocycles. The highest BCUT2D eigenvalue weighted by molar-refractivity contribution is 14.1. The molecule has 0 spiro atoms. The first-order valence-corrected chi connectivity index (χ1v) is 5.24. The fourth-order valence-corrected chi connectivity index (χ4v) is 1.73. The van der Waals surface area contributed by atoms with Crippen molar-refractivity contribution < 1.29 is 18.3 Å². The molecule has 15 heavy (non-hydrogen) atoms. The smallest absolute Gasteiger partial charge is 0.340 e. The van der Waals surface area contributed by atoms with E-state index in [1.54, 1.807) is 29.5 Å². The Bertz CT molecular complexity index is 371. The van der Waals surface area contributed by atoms with Gasteiger partial charge in [-0.05, 0) is 29.5 Å². The third-order valence-electron chi connectivity index (χ3n) is 1.65. The Balaban J connectivity index is 3.17. The number of nitrogens with zero attached hydrogens (tertiary/aromatic N) is 1. The normalized spacial score (nSPS) is 10.5. The lowest BCUT2D eigenvalue weighted by Gasteiger charge is -2.08. The fourth-order valence-electron chi connectivity index (χ4n) is 1.04. The van der Waals surface area contributed by atoms with E-state index in [-0.39, 0.29) is 21.3 Å². The molecular formula is C9H8F2INO2. The van der Waals surface area contributed by atoms with E-state index in [4.69, 9.17) is 0 Å². The van der Waals surface area contributed by atoms with Gasteiger partial charge in [0.25, 0.3) is 6.43 Å². The van der Waals surface area contributed by atoms with Gasteiger partial charge in [-0.2, -0.15) is 0 Å². The van der Waals surface area contributed by atoms with Crippen LogP contribution in [0.1, 0.15) is 29.3 Å². The van der Waals surface area contributed by atoms with Gasteiger partial charge < -0.3 is 4.74 Å². The predicted octanol–water partition coefficient (Wildman–Crippen LogP) is 2.80. The molecule has 0 aliphatic carbocycles. The van der Waals surface area contributed by atoms with E-state index < -0.39 is 12.4 Å². The second-order valence-electron chi connectivity index (χ2n) is 2.60. The maximum absolute atomic E-state index is 12.6. The summed E-state index contributed by atoms with van der Waals surface area (Å²) in [6, 6.07) is 0. The number of hydrogen-bond donors (Lipinski definition) is 0. The van der Waals surface area contributed by atoms with E-state index in [0.717, 1.165) is 6.20 Å². The standard InChI is InChI=1S/C9H8F2INO2/c1-2-15-9(14)5-3-13-4-6(12)7(5)8(10)11/h3-4,8H,2H2,1H3. The van der Waals surface area contributed by atoms with Gasteiger partial charge in [0.2, 0.25) is 0 Å². The molecule has 0 aromatic carbocycles. The Morgan fingerprint density at radius 3 is 2.80 bits per heavy atom. The molecule has 1 aromatic rings. The van der Waals surface area contributed by atoms with Gasteiger partial charge in [0.1, 0.15) is 0 Å². The van der Waals surface area contributed by atoms with Gasteiger partial charge in [0, 0.05) is 21.5 Å². The average molecular weight is 327 g/mol. The first kappa shape index (κ1) is 12.3. The van der Waals surface area contributed by atoms with Crippen LogP contribution >= 0.6 is 22.6 Å². The van der Waals surface area contributed by atoms with Crippen LogP contribution in [0.3, 0.4) is 0 Å². The van der Waals surface area contributed by atoms with E-state index in [1.807, 2.05) is 0 Å². The van der Waals surface area contributed by atoms with Gasteiger partial charge in [0.05, 0.1) is 12.2 Å². The monoisotopic (exact) mass is 327 g/mol. The molecule has 0 N–H and O–H groups in total. The second-order valence-corrected chi connectivity index (χ2v) is 3.77. The average Bonchev–Trinajstić information content (AvgIpc) is 2.17. The van der Waals surface area contributed by atoms with Gasteiger partial charge in [-0.1, -0.05) is 0 Å². The molecule has 0 bridgehead atoms. The maximum atomic E-state index is 12.6. The van der Waals surface area contributed by atoms with E-state index in [0.29, 0.717) is 0 Å². The van der Waals surface area contributed by atoms with Crippen LogP contribution in [0, 0.1) is 3.57 Å². The number of pyridine rings is 1. The van der Waals surface area contributed by atoms with Crippen molar-refractivity contribution in [3.05, 3.63) is 27.1 Å². The number of aromatic nitrogens is 1. The minimum atomic E-state index is -2.71. The zero-order valence-electron chi connectivity index (χ0n) is 7.84. The van der Waals surface area contributed by atoms with Crippen LogP contribution in [0.2, 0.25) is 0 Å². The first-order valence-electron chi connectivity index (χ1n) is 4.16. The molecule has 0 unspecified atom stereocenters. The van der Waals surface area contributed by atoms with Crippen molar-refractivity contribution in [3.8, 4) is 0 Å². The molecule has 0 aliphatic rings. The number of hydrogen-bond acceptors (Lipinski definition) is 3. The molecule has 1 aromatic heterocycles. The number of halogens is 3. The van der Waals surface area contributed by atoms with Gasteiger partial charge in [-0.25, -0.2) is 13.6 Å². The molecule has 0 saturated carbocycles. The lowest BCUT2D eigenvalue weighted by atomic mass is 10.1. The van der Waals surface area contributed by atoms with Crippen molar-refractivity contribution >= 4 is 28.6 Å². The van der Waals surface area contributed by atoms with Crippen LogP contribution in [0.15, 0.2) is 12.4 Å². The van der Waals surface area contributed by atoms with Crippen molar-refractivity contribution in [2.24, 2.45) is 0 Å². The number of ether oxygens (including phenoxy) is 1. The van der Waals surface area contributed by atoms with Crippen molar-refractivity contribution in [1.82, 2.24) is 4.98 Å². The van der Waals surface area contributed by atoms with Crippen LogP contribution in [0.25, 0.3) is 0 Å². The van der Waals surface area contributed by atoms with Crippen molar-refractivity contribution in [1.29, 1.82) is 0 Å². The zero-order valence-corrected chi connectivity index (χ0v) is 9.99. The Labute approximate surface area is 99.0 Å². The zero-order chi connectivity index (χ0) is 11.4. The Hall–Kier alpha value is -0.790. The Kier molecular flexibility index (Phi) is 4.37. The molecule has 6 heteroatoms. The minimum absolute atomic E-state index is 0.146. The largest absolute Gasteiger partial charge is 0.462 e. The number of esters is 1. The van der Waals surface area contributed by atoms with Crippen molar-refractivity contribution in [2.45, 2.75) is 13.3 Å². The molecular weight excluding hydrogens is 319 g/mol. The fraction of sp³-hybridized carbons (Fsp3) is 0.333. The van der Waals surface area contributed by atoms with Crippen LogP contribution in [0.5, 0.6) is 0 Å². The van der Waals surface area contributed by atoms with Crippen LogP contribution < -0.4 is 0 Å². The lowest BCUT2D eigenvalue weighted by molar-refractivity contribution is 0.0514. The lowest BCUT2D eigenvalue weighted by Crippen LogP contribution is -2.10. The van der Waals surface area contributed by atoms with Crippen LogP contribution in [0.4, 0.5) is 8.78 Å². The quantitative estimate of drug-likeness (QED) is 0.633. The topological polar surface area (TPSA) is 39.2 Å². The summed E-state index contributed by atoms with van der Waals surface area (Å²) >= 11 is 1.71. The van der Waals surface area contributed by atoms with Crippen molar-refractivity contribution in [3.63, 3.8) is 0 Å². The molecule has 1 heterocycles. The SMILES string of the molecule is CCOC(=O)c1cncc(I)c1C(F)F. The summed E-state index contributed by atoms with van der Waals surface area (Å²) in [6.07, 6.45) is -0.328. The van der Waals surface area contributed by atoms with Gasteiger partial charge >= 0.3 is 5.97 Å². The Morgan fingerprint density at radius 1 is 1.60 bits per heavy atom. The van der Waals surface area contributed by atoms with Crippen LogP contribution in [-0.4, -0.2) is 17.6 Å². The Morgan fingerprint density at radius 2 is 2.27 bits per heavy atom. The summed E-state index contributed by atoms with van der Waals surface area (Å²) in [5.41, 5.74) is -0.484.